The molecule has 102 valence electrons. The van der Waals surface area contributed by atoms with Crippen LogP contribution in [0.15, 0.2) is 22.7 Å². The molecule has 0 aliphatic heterocycles. The van der Waals surface area contributed by atoms with E-state index in [4.69, 9.17) is 9.26 Å². The highest BCUT2D eigenvalue weighted by atomic mass is 16.5. The molecule has 1 aromatic carbocycles. The molecule has 0 unspecified atom stereocenters. The van der Waals surface area contributed by atoms with Crippen molar-refractivity contribution in [1.82, 2.24) is 15.5 Å². The summed E-state index contributed by atoms with van der Waals surface area (Å²) in [5.41, 5.74) is 2.36. The number of hydrogen-bond acceptors (Lipinski definition) is 5. The third-order valence-corrected chi connectivity index (χ3v) is 2.71. The van der Waals surface area contributed by atoms with Gasteiger partial charge in [0.2, 0.25) is 11.7 Å². The summed E-state index contributed by atoms with van der Waals surface area (Å²) < 4.78 is 10.7. The van der Waals surface area contributed by atoms with Crippen LogP contribution in [0.2, 0.25) is 0 Å². The van der Waals surface area contributed by atoms with E-state index in [0.717, 1.165) is 24.4 Å². The average Bonchev–Trinajstić information content (AvgIpc) is 2.81. The van der Waals surface area contributed by atoms with Crippen molar-refractivity contribution in [3.63, 3.8) is 0 Å². The fraction of sp³-hybridized carbons (Fsp3) is 0.429. The lowest BCUT2D eigenvalue weighted by Crippen LogP contribution is -2.13. The van der Waals surface area contributed by atoms with Crippen LogP contribution in [0.5, 0.6) is 5.75 Å². The first-order valence-corrected chi connectivity index (χ1v) is 6.41. The van der Waals surface area contributed by atoms with Crippen molar-refractivity contribution in [3.8, 4) is 5.75 Å². The summed E-state index contributed by atoms with van der Waals surface area (Å²) in [6.45, 7) is 7.95. The Kier molecular flexibility index (Phi) is 4.52. The zero-order valence-electron chi connectivity index (χ0n) is 11.6. The maximum Gasteiger partial charge on any atom is 0.223 e. The standard InChI is InChI=1S/C14H19N3O2/c1-4-15-8-12-7-10(2)5-6-13(12)18-9-14-16-11(3)19-17-14/h5-7,15H,4,8-9H2,1-3H3. The Labute approximate surface area is 113 Å². The molecule has 0 saturated carbocycles. The molecule has 2 aromatic rings. The van der Waals surface area contributed by atoms with Crippen molar-refractivity contribution in [1.29, 1.82) is 0 Å². The lowest BCUT2D eigenvalue weighted by atomic mass is 10.1. The van der Waals surface area contributed by atoms with Crippen molar-refractivity contribution >= 4 is 0 Å². The van der Waals surface area contributed by atoms with Gasteiger partial charge in [0.1, 0.15) is 5.75 Å². The predicted octanol–water partition coefficient (Wildman–Crippen LogP) is 2.37. The number of benzene rings is 1. The molecule has 0 aliphatic rings. The van der Waals surface area contributed by atoms with Crippen molar-refractivity contribution in [2.45, 2.75) is 33.9 Å². The second kappa shape index (κ2) is 6.33. The zero-order valence-corrected chi connectivity index (χ0v) is 11.6. The van der Waals surface area contributed by atoms with Crippen molar-refractivity contribution in [3.05, 3.63) is 41.0 Å². The number of hydrogen-bond donors (Lipinski definition) is 1. The van der Waals surface area contributed by atoms with E-state index in [9.17, 15) is 0 Å². The monoisotopic (exact) mass is 261 g/mol. The van der Waals surface area contributed by atoms with Crippen LogP contribution in [0.1, 0.15) is 29.8 Å². The summed E-state index contributed by atoms with van der Waals surface area (Å²) >= 11 is 0. The topological polar surface area (TPSA) is 60.2 Å². The molecule has 1 aromatic heterocycles. The average molecular weight is 261 g/mol. The van der Waals surface area contributed by atoms with Gasteiger partial charge in [0, 0.05) is 19.0 Å². The molecule has 1 N–H and O–H groups in total. The second-order valence-electron chi connectivity index (χ2n) is 4.41. The van der Waals surface area contributed by atoms with Crippen LogP contribution in [0.3, 0.4) is 0 Å². The predicted molar refractivity (Wildman–Crippen MR) is 71.9 cm³/mol. The molecule has 5 heteroatoms. The van der Waals surface area contributed by atoms with Gasteiger partial charge < -0.3 is 14.6 Å². The molecule has 0 amide bonds. The van der Waals surface area contributed by atoms with E-state index in [1.165, 1.54) is 5.56 Å². The van der Waals surface area contributed by atoms with Gasteiger partial charge in [-0.2, -0.15) is 4.98 Å². The minimum atomic E-state index is 0.319. The molecule has 0 aliphatic carbocycles. The molecule has 1 heterocycles. The molecule has 0 radical (unpaired) electrons. The van der Waals surface area contributed by atoms with Gasteiger partial charge in [-0.15, -0.1) is 0 Å². The van der Waals surface area contributed by atoms with Crippen LogP contribution in [-0.2, 0) is 13.2 Å². The third-order valence-electron chi connectivity index (χ3n) is 2.71. The highest BCUT2D eigenvalue weighted by Crippen LogP contribution is 2.20. The Morgan fingerprint density at radius 1 is 1.32 bits per heavy atom. The fourth-order valence-electron chi connectivity index (χ4n) is 1.79. The molecular weight excluding hydrogens is 242 g/mol. The molecule has 0 spiro atoms. The minimum Gasteiger partial charge on any atom is -0.485 e. The van der Waals surface area contributed by atoms with Crippen LogP contribution in [0.4, 0.5) is 0 Å². The van der Waals surface area contributed by atoms with Gasteiger partial charge in [-0.25, -0.2) is 0 Å². The van der Waals surface area contributed by atoms with Gasteiger partial charge in [0.05, 0.1) is 0 Å². The Balaban J connectivity index is 2.05. The first-order chi connectivity index (χ1) is 9.19. The number of nitrogens with zero attached hydrogens (tertiary/aromatic N) is 2. The molecule has 0 bridgehead atoms. The van der Waals surface area contributed by atoms with E-state index in [1.807, 2.05) is 12.1 Å². The van der Waals surface area contributed by atoms with Gasteiger partial charge >= 0.3 is 0 Å². The molecule has 5 nitrogen and oxygen atoms in total. The number of aromatic nitrogens is 2. The molecule has 2 rings (SSSR count). The van der Waals surface area contributed by atoms with Crippen molar-refractivity contribution in [2.75, 3.05) is 6.54 Å². The Hall–Kier alpha value is -1.88. The number of aryl methyl sites for hydroxylation is 2. The molecular formula is C14H19N3O2. The number of nitrogens with one attached hydrogen (secondary N) is 1. The van der Waals surface area contributed by atoms with Gasteiger partial charge in [-0.1, -0.05) is 29.8 Å². The number of ether oxygens (including phenoxy) is 1. The van der Waals surface area contributed by atoms with Crippen LogP contribution < -0.4 is 10.1 Å². The summed E-state index contributed by atoms with van der Waals surface area (Å²) in [6, 6.07) is 6.14. The van der Waals surface area contributed by atoms with Gasteiger partial charge in [0.25, 0.3) is 0 Å². The normalized spacial score (nSPS) is 10.7. The summed E-state index contributed by atoms with van der Waals surface area (Å²) in [7, 11) is 0. The Bertz CT molecular complexity index is 537. The summed E-state index contributed by atoms with van der Waals surface area (Å²) in [6.07, 6.45) is 0. The number of rotatable bonds is 6. The smallest absolute Gasteiger partial charge is 0.223 e. The Morgan fingerprint density at radius 2 is 2.16 bits per heavy atom. The SMILES string of the molecule is CCNCc1cc(C)ccc1OCc1noc(C)n1. The van der Waals surface area contributed by atoms with Gasteiger partial charge in [0.15, 0.2) is 6.61 Å². The van der Waals surface area contributed by atoms with Crippen molar-refractivity contribution < 1.29 is 9.26 Å². The maximum absolute atomic E-state index is 5.76. The second-order valence-corrected chi connectivity index (χ2v) is 4.41. The van der Waals surface area contributed by atoms with Crippen molar-refractivity contribution in [2.24, 2.45) is 0 Å². The molecule has 19 heavy (non-hydrogen) atoms. The third kappa shape index (κ3) is 3.79. The van der Waals surface area contributed by atoms with Crippen LogP contribution in [-0.4, -0.2) is 16.7 Å². The maximum atomic E-state index is 5.76. The van der Waals surface area contributed by atoms with E-state index < -0.39 is 0 Å². The van der Waals surface area contributed by atoms with Gasteiger partial charge in [-0.3, -0.25) is 0 Å². The lowest BCUT2D eigenvalue weighted by Gasteiger charge is -2.11. The van der Waals surface area contributed by atoms with E-state index in [0.29, 0.717) is 18.3 Å². The fourth-order valence-corrected chi connectivity index (χ4v) is 1.79. The van der Waals surface area contributed by atoms with E-state index in [2.05, 4.69) is 35.4 Å². The van der Waals surface area contributed by atoms with Crippen LogP contribution >= 0.6 is 0 Å². The lowest BCUT2D eigenvalue weighted by molar-refractivity contribution is 0.282. The van der Waals surface area contributed by atoms with E-state index in [-0.39, 0.29) is 0 Å². The Morgan fingerprint density at radius 3 is 2.84 bits per heavy atom. The highest BCUT2D eigenvalue weighted by molar-refractivity contribution is 5.36. The highest BCUT2D eigenvalue weighted by Gasteiger charge is 2.07. The summed E-state index contributed by atoms with van der Waals surface area (Å²) in [4.78, 5) is 4.12. The molecule has 0 atom stereocenters. The van der Waals surface area contributed by atoms with Crippen LogP contribution in [0, 0.1) is 13.8 Å². The first-order valence-electron chi connectivity index (χ1n) is 6.41. The van der Waals surface area contributed by atoms with Crippen LogP contribution in [0.25, 0.3) is 0 Å². The van der Waals surface area contributed by atoms with E-state index in [1.54, 1.807) is 6.92 Å². The summed E-state index contributed by atoms with van der Waals surface area (Å²) in [5, 5.41) is 7.12. The van der Waals surface area contributed by atoms with Gasteiger partial charge in [-0.05, 0) is 19.5 Å². The zero-order chi connectivity index (χ0) is 13.7. The quantitative estimate of drug-likeness (QED) is 0.865. The first kappa shape index (κ1) is 13.5. The van der Waals surface area contributed by atoms with E-state index >= 15 is 0 Å². The largest absolute Gasteiger partial charge is 0.485 e. The minimum absolute atomic E-state index is 0.319. The molecule has 0 fully saturated rings. The summed E-state index contributed by atoms with van der Waals surface area (Å²) in [5.74, 6) is 1.97. The molecule has 0 saturated heterocycles.